The van der Waals surface area contributed by atoms with Gasteiger partial charge in [0.1, 0.15) is 0 Å². The molecule has 0 unspecified atom stereocenters. The number of ether oxygens (including phenoxy) is 2. The van der Waals surface area contributed by atoms with E-state index in [4.69, 9.17) is 9.47 Å². The standard InChI is InChI=1S/C22H30N4O2/c1-3-27-19-11-7-8-12-20(19)28-21-14-13-17(15-24-21)16-25-22(23-2)26-18-9-5-4-6-10-18/h7-8,11-15,18H,3-6,9-10,16H2,1-2H3,(H2,23,25,26). The number of benzene rings is 1. The molecule has 6 heteroatoms. The van der Waals surface area contributed by atoms with E-state index in [-0.39, 0.29) is 0 Å². The predicted octanol–water partition coefficient (Wildman–Crippen LogP) is 4.27. The molecule has 1 fully saturated rings. The quantitative estimate of drug-likeness (QED) is 0.553. The van der Waals surface area contributed by atoms with Crippen LogP contribution in [0.1, 0.15) is 44.6 Å². The summed E-state index contributed by atoms with van der Waals surface area (Å²) in [7, 11) is 1.81. The van der Waals surface area contributed by atoms with Gasteiger partial charge in [-0.1, -0.05) is 37.5 Å². The lowest BCUT2D eigenvalue weighted by Gasteiger charge is -2.24. The smallest absolute Gasteiger partial charge is 0.219 e. The first kappa shape index (κ1) is 20.0. The first-order valence-corrected chi connectivity index (χ1v) is 10.1. The molecule has 150 valence electrons. The molecule has 1 aliphatic carbocycles. The molecule has 0 bridgehead atoms. The molecule has 0 spiro atoms. The third-order valence-electron chi connectivity index (χ3n) is 4.79. The molecular formula is C22H30N4O2. The van der Waals surface area contributed by atoms with Crippen LogP contribution in [0, 0.1) is 0 Å². The zero-order chi connectivity index (χ0) is 19.6. The van der Waals surface area contributed by atoms with E-state index in [1.807, 2.05) is 56.6 Å². The molecular weight excluding hydrogens is 352 g/mol. The van der Waals surface area contributed by atoms with E-state index in [2.05, 4.69) is 20.6 Å². The molecule has 6 nitrogen and oxygen atoms in total. The van der Waals surface area contributed by atoms with Crippen LogP contribution in [0.25, 0.3) is 0 Å². The molecule has 28 heavy (non-hydrogen) atoms. The highest BCUT2D eigenvalue weighted by Crippen LogP contribution is 2.30. The number of aromatic nitrogens is 1. The number of hydrogen-bond acceptors (Lipinski definition) is 4. The van der Waals surface area contributed by atoms with Crippen molar-refractivity contribution in [2.75, 3.05) is 13.7 Å². The van der Waals surface area contributed by atoms with Crippen molar-refractivity contribution in [1.29, 1.82) is 0 Å². The highest BCUT2D eigenvalue weighted by molar-refractivity contribution is 5.79. The SMILES string of the molecule is CCOc1ccccc1Oc1ccc(CNC(=NC)NC2CCCCC2)cn1. The molecule has 2 N–H and O–H groups in total. The van der Waals surface area contributed by atoms with Gasteiger partial charge < -0.3 is 20.1 Å². The van der Waals surface area contributed by atoms with Crippen LogP contribution in [-0.2, 0) is 6.54 Å². The van der Waals surface area contributed by atoms with E-state index in [0.717, 1.165) is 17.3 Å². The molecule has 0 aliphatic heterocycles. The van der Waals surface area contributed by atoms with Crippen LogP contribution in [-0.4, -0.2) is 30.6 Å². The lowest BCUT2D eigenvalue weighted by Crippen LogP contribution is -2.43. The minimum Gasteiger partial charge on any atom is -0.490 e. The summed E-state index contributed by atoms with van der Waals surface area (Å²) in [4.78, 5) is 8.75. The first-order chi connectivity index (χ1) is 13.8. The van der Waals surface area contributed by atoms with Gasteiger partial charge in [0.05, 0.1) is 6.61 Å². The third-order valence-corrected chi connectivity index (χ3v) is 4.79. The number of aliphatic imine (C=N–C) groups is 1. The Labute approximate surface area is 167 Å². The zero-order valence-electron chi connectivity index (χ0n) is 16.8. The van der Waals surface area contributed by atoms with Crippen LogP contribution in [0.15, 0.2) is 47.6 Å². The molecule has 2 aromatic rings. The monoisotopic (exact) mass is 382 g/mol. The van der Waals surface area contributed by atoms with Gasteiger partial charge in [-0.05, 0) is 37.5 Å². The van der Waals surface area contributed by atoms with Crippen molar-refractivity contribution in [2.24, 2.45) is 4.99 Å². The normalized spacial score (nSPS) is 15.1. The van der Waals surface area contributed by atoms with Gasteiger partial charge in [-0.25, -0.2) is 4.98 Å². The fourth-order valence-corrected chi connectivity index (χ4v) is 3.32. The number of nitrogens with one attached hydrogen (secondary N) is 2. The van der Waals surface area contributed by atoms with Gasteiger partial charge in [0.25, 0.3) is 0 Å². The maximum absolute atomic E-state index is 5.87. The fourth-order valence-electron chi connectivity index (χ4n) is 3.32. The van der Waals surface area contributed by atoms with Crippen LogP contribution in [0.5, 0.6) is 17.4 Å². The minimum absolute atomic E-state index is 0.527. The topological polar surface area (TPSA) is 67.8 Å². The summed E-state index contributed by atoms with van der Waals surface area (Å²) in [6.45, 7) is 3.21. The summed E-state index contributed by atoms with van der Waals surface area (Å²) >= 11 is 0. The second kappa shape index (κ2) is 10.5. The Hall–Kier alpha value is -2.76. The van der Waals surface area contributed by atoms with Gasteiger partial charge in [-0.3, -0.25) is 4.99 Å². The number of para-hydroxylation sites is 2. The Morgan fingerprint density at radius 1 is 1.11 bits per heavy atom. The molecule has 3 rings (SSSR count). The highest BCUT2D eigenvalue weighted by atomic mass is 16.5. The number of nitrogens with zero attached hydrogens (tertiary/aromatic N) is 2. The van der Waals surface area contributed by atoms with Gasteiger partial charge in [-0.2, -0.15) is 0 Å². The first-order valence-electron chi connectivity index (χ1n) is 10.1. The summed E-state index contributed by atoms with van der Waals surface area (Å²) in [5, 5.41) is 6.88. The summed E-state index contributed by atoms with van der Waals surface area (Å²) in [6.07, 6.45) is 8.20. The molecule has 1 saturated carbocycles. The van der Waals surface area contributed by atoms with E-state index in [0.29, 0.717) is 30.8 Å². The molecule has 0 amide bonds. The predicted molar refractivity (Wildman–Crippen MR) is 112 cm³/mol. The van der Waals surface area contributed by atoms with Gasteiger partial charge in [0.2, 0.25) is 5.88 Å². The van der Waals surface area contributed by atoms with E-state index >= 15 is 0 Å². The molecule has 0 atom stereocenters. The number of hydrogen-bond donors (Lipinski definition) is 2. The molecule has 0 saturated heterocycles. The summed E-state index contributed by atoms with van der Waals surface area (Å²) in [5.41, 5.74) is 1.07. The van der Waals surface area contributed by atoms with Crippen LogP contribution in [0.3, 0.4) is 0 Å². The Morgan fingerprint density at radius 2 is 1.89 bits per heavy atom. The number of pyridine rings is 1. The largest absolute Gasteiger partial charge is 0.490 e. The van der Waals surface area contributed by atoms with Gasteiger partial charge in [0, 0.05) is 31.9 Å². The molecule has 1 heterocycles. The lowest BCUT2D eigenvalue weighted by molar-refractivity contribution is 0.319. The molecule has 1 aromatic heterocycles. The second-order valence-corrected chi connectivity index (χ2v) is 6.89. The van der Waals surface area contributed by atoms with Crippen molar-refractivity contribution in [3.8, 4) is 17.4 Å². The minimum atomic E-state index is 0.527. The number of guanidine groups is 1. The van der Waals surface area contributed by atoms with Crippen molar-refractivity contribution in [3.05, 3.63) is 48.2 Å². The van der Waals surface area contributed by atoms with Crippen LogP contribution >= 0.6 is 0 Å². The Balaban J connectivity index is 1.52. The van der Waals surface area contributed by atoms with Crippen LogP contribution < -0.4 is 20.1 Å². The maximum Gasteiger partial charge on any atom is 0.219 e. The van der Waals surface area contributed by atoms with Crippen molar-refractivity contribution < 1.29 is 9.47 Å². The zero-order valence-corrected chi connectivity index (χ0v) is 16.8. The molecule has 1 aliphatic rings. The Kier molecular flexibility index (Phi) is 7.53. The van der Waals surface area contributed by atoms with E-state index in [1.165, 1.54) is 32.1 Å². The van der Waals surface area contributed by atoms with E-state index in [1.54, 1.807) is 0 Å². The fraction of sp³-hybridized carbons (Fsp3) is 0.455. The Bertz CT molecular complexity index is 755. The van der Waals surface area contributed by atoms with Crippen molar-refractivity contribution >= 4 is 5.96 Å². The second-order valence-electron chi connectivity index (χ2n) is 6.89. The highest BCUT2D eigenvalue weighted by Gasteiger charge is 2.14. The van der Waals surface area contributed by atoms with E-state index < -0.39 is 0 Å². The van der Waals surface area contributed by atoms with Crippen LogP contribution in [0.4, 0.5) is 0 Å². The van der Waals surface area contributed by atoms with Crippen LogP contribution in [0.2, 0.25) is 0 Å². The van der Waals surface area contributed by atoms with Crippen molar-refractivity contribution in [1.82, 2.24) is 15.6 Å². The summed E-state index contributed by atoms with van der Waals surface area (Å²) in [5.74, 6) is 2.77. The number of rotatable bonds is 7. The van der Waals surface area contributed by atoms with Gasteiger partial charge in [0.15, 0.2) is 17.5 Å². The molecule has 0 radical (unpaired) electrons. The summed E-state index contributed by atoms with van der Waals surface area (Å²) in [6, 6.07) is 12.0. The van der Waals surface area contributed by atoms with Crippen molar-refractivity contribution in [3.63, 3.8) is 0 Å². The average Bonchev–Trinajstić information content (AvgIpc) is 2.74. The molecule has 1 aromatic carbocycles. The third kappa shape index (κ3) is 5.87. The van der Waals surface area contributed by atoms with Gasteiger partial charge in [-0.15, -0.1) is 0 Å². The van der Waals surface area contributed by atoms with Crippen molar-refractivity contribution in [2.45, 2.75) is 51.6 Å². The van der Waals surface area contributed by atoms with Gasteiger partial charge >= 0.3 is 0 Å². The Morgan fingerprint density at radius 3 is 2.57 bits per heavy atom. The lowest BCUT2D eigenvalue weighted by atomic mass is 9.96. The maximum atomic E-state index is 5.87. The van der Waals surface area contributed by atoms with E-state index in [9.17, 15) is 0 Å². The summed E-state index contributed by atoms with van der Waals surface area (Å²) < 4.78 is 11.5. The average molecular weight is 383 g/mol.